The van der Waals surface area contributed by atoms with E-state index in [9.17, 15) is 14.4 Å². The van der Waals surface area contributed by atoms with E-state index in [0.29, 0.717) is 61.5 Å². The van der Waals surface area contributed by atoms with Crippen LogP contribution in [0, 0.1) is 6.92 Å². The van der Waals surface area contributed by atoms with Crippen LogP contribution in [0.4, 0.5) is 10.6 Å². The van der Waals surface area contributed by atoms with Crippen molar-refractivity contribution in [1.29, 1.82) is 0 Å². The number of aromatic nitrogens is 1. The molecule has 2 N–H and O–H groups in total. The van der Waals surface area contributed by atoms with E-state index < -0.39 is 0 Å². The summed E-state index contributed by atoms with van der Waals surface area (Å²) in [6.07, 6.45) is 6.59. The van der Waals surface area contributed by atoms with Gasteiger partial charge >= 0.3 is 6.09 Å². The van der Waals surface area contributed by atoms with Crippen molar-refractivity contribution in [2.75, 3.05) is 31.7 Å². The molecule has 0 aliphatic carbocycles. The van der Waals surface area contributed by atoms with E-state index in [1.54, 1.807) is 25.1 Å². The molecule has 2 bridgehead atoms. The molecular weight excluding hydrogens is 510 g/mol. The van der Waals surface area contributed by atoms with E-state index in [4.69, 9.17) is 9.47 Å². The van der Waals surface area contributed by atoms with Gasteiger partial charge in [0.2, 0.25) is 0 Å². The minimum absolute atomic E-state index is 0.0173. The normalized spacial score (nSPS) is 22.5. The van der Waals surface area contributed by atoms with Crippen LogP contribution in [-0.2, 0) is 4.74 Å². The Morgan fingerprint density at radius 3 is 2.27 bits per heavy atom. The van der Waals surface area contributed by atoms with Crippen LogP contribution in [0.3, 0.4) is 0 Å². The summed E-state index contributed by atoms with van der Waals surface area (Å²) in [5.41, 5.74) is 2.02. The van der Waals surface area contributed by atoms with E-state index in [0.717, 1.165) is 37.1 Å². The van der Waals surface area contributed by atoms with Crippen LogP contribution in [0.2, 0.25) is 0 Å². The first-order valence-electron chi connectivity index (χ1n) is 14.3. The Morgan fingerprint density at radius 1 is 0.950 bits per heavy atom. The minimum atomic E-state index is -0.292. The molecule has 40 heavy (non-hydrogen) atoms. The molecule has 3 aliphatic rings. The van der Waals surface area contributed by atoms with E-state index in [-0.39, 0.29) is 30.0 Å². The fourth-order valence-electron chi connectivity index (χ4n) is 6.38. The number of pyridine rings is 1. The van der Waals surface area contributed by atoms with Gasteiger partial charge < -0.3 is 29.9 Å². The van der Waals surface area contributed by atoms with Crippen molar-refractivity contribution >= 4 is 23.7 Å². The molecule has 3 aliphatic heterocycles. The number of hydrogen-bond donors (Lipinski definition) is 2. The minimum Gasteiger partial charge on any atom is -0.496 e. The number of carbonyl (C=O) groups excluding carboxylic acids is 3. The van der Waals surface area contributed by atoms with E-state index >= 15 is 0 Å². The zero-order valence-corrected chi connectivity index (χ0v) is 23.5. The first-order valence-corrected chi connectivity index (χ1v) is 14.3. The van der Waals surface area contributed by atoms with Gasteiger partial charge in [-0.2, -0.15) is 0 Å². The number of likely N-dealkylation sites (tertiary alicyclic amines) is 1. The number of nitrogens with one attached hydrogen (secondary N) is 2. The average Bonchev–Trinajstić information content (AvgIpc) is 3.23. The molecule has 3 atom stereocenters. The van der Waals surface area contributed by atoms with Crippen molar-refractivity contribution in [2.24, 2.45) is 0 Å². The van der Waals surface area contributed by atoms with Crippen LogP contribution in [0.15, 0.2) is 36.5 Å². The summed E-state index contributed by atoms with van der Waals surface area (Å²) in [5.74, 6) is 1.38. The van der Waals surface area contributed by atoms with Gasteiger partial charge in [-0.1, -0.05) is 6.07 Å². The van der Waals surface area contributed by atoms with Gasteiger partial charge in [0.1, 0.15) is 11.6 Å². The third-order valence-electron chi connectivity index (χ3n) is 8.45. The summed E-state index contributed by atoms with van der Waals surface area (Å²) < 4.78 is 10.4. The number of carbonyl (C=O) groups is 3. The van der Waals surface area contributed by atoms with Crippen molar-refractivity contribution in [3.63, 3.8) is 0 Å². The zero-order chi connectivity index (χ0) is 28.2. The second kappa shape index (κ2) is 12.1. The Kier molecular flexibility index (Phi) is 8.42. The molecule has 4 heterocycles. The second-order valence-electron chi connectivity index (χ2n) is 10.9. The third-order valence-corrected chi connectivity index (χ3v) is 8.45. The third kappa shape index (κ3) is 5.85. The number of amides is 3. The van der Waals surface area contributed by atoms with Crippen molar-refractivity contribution in [3.8, 4) is 5.75 Å². The van der Waals surface area contributed by atoms with Gasteiger partial charge in [-0.25, -0.2) is 9.78 Å². The largest absolute Gasteiger partial charge is 0.496 e. The molecule has 5 rings (SSSR count). The van der Waals surface area contributed by atoms with Crippen LogP contribution in [-0.4, -0.2) is 78.8 Å². The molecule has 214 valence electrons. The second-order valence-corrected chi connectivity index (χ2v) is 10.9. The molecule has 10 nitrogen and oxygen atoms in total. The predicted octanol–water partition coefficient (Wildman–Crippen LogP) is 3.68. The Morgan fingerprint density at radius 2 is 1.65 bits per heavy atom. The highest BCUT2D eigenvalue weighted by Gasteiger charge is 2.42. The molecule has 3 amide bonds. The predicted molar refractivity (Wildman–Crippen MR) is 151 cm³/mol. The summed E-state index contributed by atoms with van der Waals surface area (Å²) in [4.78, 5) is 46.5. The Bertz CT molecular complexity index is 1210. The average molecular weight is 550 g/mol. The molecule has 1 unspecified atom stereocenters. The lowest BCUT2D eigenvalue weighted by atomic mass is 9.96. The molecule has 3 saturated heterocycles. The molecule has 0 saturated carbocycles. The monoisotopic (exact) mass is 549 g/mol. The lowest BCUT2D eigenvalue weighted by Gasteiger charge is -2.40. The molecule has 2 aromatic rings. The van der Waals surface area contributed by atoms with Crippen LogP contribution < -0.4 is 20.3 Å². The van der Waals surface area contributed by atoms with Crippen LogP contribution >= 0.6 is 0 Å². The SMILES string of the molecule is CCOC(=O)N1CCC(NC(=O)c2ccc(N3[C@@H]4CC[C@H]3CC(NC(=O)c3cccc(OC)c3C)C4)nc2)CC1. The van der Waals surface area contributed by atoms with Crippen molar-refractivity contribution in [3.05, 3.63) is 53.2 Å². The van der Waals surface area contributed by atoms with Gasteiger partial charge in [0.25, 0.3) is 11.8 Å². The zero-order valence-electron chi connectivity index (χ0n) is 23.5. The van der Waals surface area contributed by atoms with Crippen molar-refractivity contribution in [2.45, 2.75) is 76.5 Å². The quantitative estimate of drug-likeness (QED) is 0.542. The van der Waals surface area contributed by atoms with Gasteiger partial charge in [0, 0.05) is 54.6 Å². The Labute approximate surface area is 235 Å². The van der Waals surface area contributed by atoms with Crippen molar-refractivity contribution < 1.29 is 23.9 Å². The highest BCUT2D eigenvalue weighted by atomic mass is 16.6. The highest BCUT2D eigenvalue weighted by Crippen LogP contribution is 2.38. The van der Waals surface area contributed by atoms with Gasteiger partial charge in [-0.15, -0.1) is 0 Å². The number of benzene rings is 1. The topological polar surface area (TPSA) is 113 Å². The fourth-order valence-corrected chi connectivity index (χ4v) is 6.38. The highest BCUT2D eigenvalue weighted by molar-refractivity contribution is 5.96. The summed E-state index contributed by atoms with van der Waals surface area (Å²) in [5, 5.41) is 6.34. The Hall–Kier alpha value is -3.82. The van der Waals surface area contributed by atoms with Gasteiger partial charge in [0.05, 0.1) is 19.3 Å². The smallest absolute Gasteiger partial charge is 0.409 e. The summed E-state index contributed by atoms with van der Waals surface area (Å²) in [6, 6.07) is 10.0. The van der Waals surface area contributed by atoms with Crippen LogP contribution in [0.25, 0.3) is 0 Å². The lowest BCUT2D eigenvalue weighted by Crippen LogP contribution is -2.51. The van der Waals surface area contributed by atoms with E-state index in [1.165, 1.54) is 0 Å². The number of ether oxygens (including phenoxy) is 2. The molecule has 0 radical (unpaired) electrons. The number of rotatable bonds is 7. The van der Waals surface area contributed by atoms with Gasteiger partial charge in [-0.05, 0) is 76.6 Å². The molecule has 3 fully saturated rings. The van der Waals surface area contributed by atoms with E-state index in [2.05, 4.69) is 20.5 Å². The maximum absolute atomic E-state index is 13.1. The van der Waals surface area contributed by atoms with Crippen LogP contribution in [0.1, 0.15) is 71.7 Å². The number of fused-ring (bicyclic) bond motifs is 2. The number of methoxy groups -OCH3 is 1. The molecule has 1 aromatic heterocycles. The number of piperidine rings is 2. The van der Waals surface area contributed by atoms with Crippen molar-refractivity contribution in [1.82, 2.24) is 20.5 Å². The molecule has 10 heteroatoms. The molecule has 1 aromatic carbocycles. The summed E-state index contributed by atoms with van der Waals surface area (Å²) >= 11 is 0. The maximum Gasteiger partial charge on any atom is 0.409 e. The summed E-state index contributed by atoms with van der Waals surface area (Å²) in [7, 11) is 1.61. The number of hydrogen-bond acceptors (Lipinski definition) is 7. The van der Waals surface area contributed by atoms with Gasteiger partial charge in [-0.3, -0.25) is 9.59 Å². The van der Waals surface area contributed by atoms with E-state index in [1.807, 2.05) is 37.3 Å². The lowest BCUT2D eigenvalue weighted by molar-refractivity contribution is 0.0858. The maximum atomic E-state index is 13.1. The standard InChI is InChI=1S/C30H39N5O5/c1-4-40-30(38)34-14-12-21(13-15-34)32-28(36)20-8-11-27(31-18-20)35-23-9-10-24(35)17-22(16-23)33-29(37)25-6-5-7-26(39-3)19(25)2/h5-8,11,18,21-24H,4,9-10,12-17H2,1-3H3,(H,32,36)(H,33,37)/t22?,23-,24+. The first kappa shape index (κ1) is 27.7. The molecular formula is C30H39N5O5. The molecule has 0 spiro atoms. The van der Waals surface area contributed by atoms with Crippen LogP contribution in [0.5, 0.6) is 5.75 Å². The number of anilines is 1. The Balaban J connectivity index is 1.15. The number of nitrogens with zero attached hydrogens (tertiary/aromatic N) is 3. The first-order chi connectivity index (χ1) is 19.4. The summed E-state index contributed by atoms with van der Waals surface area (Å²) in [6.45, 7) is 5.20. The van der Waals surface area contributed by atoms with Gasteiger partial charge in [0.15, 0.2) is 0 Å². The fraction of sp³-hybridized carbons (Fsp3) is 0.533.